The molecule has 1 aliphatic heterocycles. The Hall–Kier alpha value is -1.75. The van der Waals surface area contributed by atoms with Gasteiger partial charge in [-0.15, -0.1) is 0 Å². The molecular weight excluding hydrogens is 246 g/mol. The molecule has 5 heteroatoms. The van der Waals surface area contributed by atoms with Crippen molar-refractivity contribution in [2.24, 2.45) is 0 Å². The number of hydrogen-bond acceptors (Lipinski definition) is 4. The van der Waals surface area contributed by atoms with Gasteiger partial charge in [-0.1, -0.05) is 0 Å². The summed E-state index contributed by atoms with van der Waals surface area (Å²) >= 11 is 0. The summed E-state index contributed by atoms with van der Waals surface area (Å²) in [5.41, 5.74) is 0.0267. The summed E-state index contributed by atoms with van der Waals surface area (Å²) in [6, 6.07) is 5.39. The topological polar surface area (TPSA) is 67.8 Å². The van der Waals surface area contributed by atoms with E-state index in [1.807, 2.05) is 6.07 Å². The molecule has 0 radical (unpaired) electrons. The van der Waals surface area contributed by atoms with Crippen LogP contribution < -0.4 is 14.8 Å². The third-order valence-corrected chi connectivity index (χ3v) is 3.58. The Kier molecular flexibility index (Phi) is 3.95. The Morgan fingerprint density at radius 1 is 1.37 bits per heavy atom. The van der Waals surface area contributed by atoms with E-state index in [1.54, 1.807) is 26.4 Å². The largest absolute Gasteiger partial charge is 0.497 e. The molecule has 1 heterocycles. The van der Waals surface area contributed by atoms with Crippen molar-refractivity contribution in [3.05, 3.63) is 23.8 Å². The Bertz CT molecular complexity index is 475. The van der Waals surface area contributed by atoms with E-state index in [4.69, 9.17) is 9.47 Å². The lowest BCUT2D eigenvalue weighted by molar-refractivity contribution is -0.126. The first-order chi connectivity index (χ1) is 9.15. The highest BCUT2D eigenvalue weighted by Crippen LogP contribution is 2.37. The summed E-state index contributed by atoms with van der Waals surface area (Å²) in [5, 5.41) is 12.7. The smallest absolute Gasteiger partial charge is 0.220 e. The first-order valence-electron chi connectivity index (χ1n) is 6.29. The number of piperidine rings is 1. The molecule has 5 nitrogen and oxygen atoms in total. The predicted molar refractivity (Wildman–Crippen MR) is 70.3 cm³/mol. The molecule has 1 aromatic carbocycles. The molecule has 1 fully saturated rings. The van der Waals surface area contributed by atoms with Gasteiger partial charge in [0.05, 0.1) is 26.4 Å². The quantitative estimate of drug-likeness (QED) is 0.858. The third kappa shape index (κ3) is 2.51. The zero-order valence-corrected chi connectivity index (χ0v) is 11.2. The first kappa shape index (κ1) is 13.7. The van der Waals surface area contributed by atoms with Crippen molar-refractivity contribution in [2.45, 2.75) is 24.8 Å². The molecule has 0 spiro atoms. The van der Waals surface area contributed by atoms with E-state index in [2.05, 4.69) is 5.32 Å². The van der Waals surface area contributed by atoms with Gasteiger partial charge >= 0.3 is 0 Å². The van der Waals surface area contributed by atoms with Crippen molar-refractivity contribution in [3.8, 4) is 11.5 Å². The number of carbonyl (C=O) groups is 1. The highest BCUT2D eigenvalue weighted by molar-refractivity contribution is 5.78. The van der Waals surface area contributed by atoms with Crippen LogP contribution in [0.2, 0.25) is 0 Å². The summed E-state index contributed by atoms with van der Waals surface area (Å²) in [5.74, 6) is 1.24. The molecule has 0 saturated carbocycles. The fraction of sp³-hybridized carbons (Fsp3) is 0.500. The van der Waals surface area contributed by atoms with Gasteiger partial charge in [-0.3, -0.25) is 4.79 Å². The summed E-state index contributed by atoms with van der Waals surface area (Å²) in [4.78, 5) is 11.6. The number of amides is 1. The van der Waals surface area contributed by atoms with Gasteiger partial charge in [-0.05, 0) is 25.0 Å². The molecule has 2 N–H and O–H groups in total. The standard InChI is InChI=1S/C14H19NO4/c1-18-10-5-6-11(12(8-10)19-2)14(9-16)7-3-4-13(17)15-14/h5-6,8,16H,3-4,7,9H2,1-2H3,(H,15,17). The van der Waals surface area contributed by atoms with Gasteiger partial charge < -0.3 is 19.9 Å². The monoisotopic (exact) mass is 265 g/mol. The van der Waals surface area contributed by atoms with Crippen LogP contribution >= 0.6 is 0 Å². The SMILES string of the molecule is COc1ccc(C2(CO)CCCC(=O)N2)c(OC)c1. The van der Waals surface area contributed by atoms with E-state index in [1.165, 1.54) is 0 Å². The van der Waals surface area contributed by atoms with Gasteiger partial charge in [0.2, 0.25) is 5.91 Å². The Morgan fingerprint density at radius 3 is 2.74 bits per heavy atom. The number of nitrogens with one attached hydrogen (secondary N) is 1. The van der Waals surface area contributed by atoms with Crippen molar-refractivity contribution in [1.29, 1.82) is 0 Å². The molecule has 19 heavy (non-hydrogen) atoms. The van der Waals surface area contributed by atoms with Gasteiger partial charge in [-0.25, -0.2) is 0 Å². The second-order valence-electron chi connectivity index (χ2n) is 4.71. The van der Waals surface area contributed by atoms with Crippen LogP contribution in [0, 0.1) is 0 Å². The van der Waals surface area contributed by atoms with E-state index in [9.17, 15) is 9.90 Å². The molecule has 0 aromatic heterocycles. The van der Waals surface area contributed by atoms with Gasteiger partial charge in [-0.2, -0.15) is 0 Å². The van der Waals surface area contributed by atoms with E-state index in [-0.39, 0.29) is 12.5 Å². The van der Waals surface area contributed by atoms with Crippen molar-refractivity contribution in [1.82, 2.24) is 5.32 Å². The highest BCUT2D eigenvalue weighted by atomic mass is 16.5. The average Bonchev–Trinajstić information content (AvgIpc) is 2.46. The van der Waals surface area contributed by atoms with Crippen LogP contribution in [-0.4, -0.2) is 31.8 Å². The van der Waals surface area contributed by atoms with Crippen LogP contribution in [0.1, 0.15) is 24.8 Å². The van der Waals surface area contributed by atoms with Gasteiger partial charge in [0, 0.05) is 18.1 Å². The average molecular weight is 265 g/mol. The molecule has 1 saturated heterocycles. The summed E-state index contributed by atoms with van der Waals surface area (Å²) in [6.07, 6.45) is 1.94. The summed E-state index contributed by atoms with van der Waals surface area (Å²) in [7, 11) is 3.15. The molecule has 2 rings (SSSR count). The maximum atomic E-state index is 11.6. The van der Waals surface area contributed by atoms with E-state index >= 15 is 0 Å². The van der Waals surface area contributed by atoms with Crippen molar-refractivity contribution >= 4 is 5.91 Å². The number of aliphatic hydroxyl groups excluding tert-OH is 1. The van der Waals surface area contributed by atoms with Crippen LogP contribution in [0.15, 0.2) is 18.2 Å². The lowest BCUT2D eigenvalue weighted by Gasteiger charge is -2.37. The fourth-order valence-corrected chi connectivity index (χ4v) is 2.54. The molecule has 1 aromatic rings. The zero-order chi connectivity index (χ0) is 13.9. The lowest BCUT2D eigenvalue weighted by atomic mass is 9.82. The normalized spacial score (nSPS) is 22.8. The van der Waals surface area contributed by atoms with Crippen molar-refractivity contribution in [3.63, 3.8) is 0 Å². The zero-order valence-electron chi connectivity index (χ0n) is 11.2. The number of methoxy groups -OCH3 is 2. The molecule has 1 atom stereocenters. The van der Waals surface area contributed by atoms with Gasteiger partial charge in [0.15, 0.2) is 0 Å². The Labute approximate surface area is 112 Å². The predicted octanol–water partition coefficient (Wildman–Crippen LogP) is 1.19. The molecule has 1 unspecified atom stereocenters. The molecule has 0 aliphatic carbocycles. The number of rotatable bonds is 4. The maximum Gasteiger partial charge on any atom is 0.220 e. The number of benzene rings is 1. The molecule has 1 amide bonds. The van der Waals surface area contributed by atoms with Crippen LogP contribution in [0.5, 0.6) is 11.5 Å². The Balaban J connectivity index is 2.45. The van der Waals surface area contributed by atoms with Crippen LogP contribution in [0.4, 0.5) is 0 Å². The Morgan fingerprint density at radius 2 is 2.16 bits per heavy atom. The minimum absolute atomic E-state index is 0.0434. The second kappa shape index (κ2) is 5.48. The van der Waals surface area contributed by atoms with Gasteiger partial charge in [0.25, 0.3) is 0 Å². The molecule has 1 aliphatic rings. The second-order valence-corrected chi connectivity index (χ2v) is 4.71. The summed E-state index contributed by atoms with van der Waals surface area (Å²) < 4.78 is 10.5. The first-order valence-corrected chi connectivity index (χ1v) is 6.29. The van der Waals surface area contributed by atoms with E-state index in [0.29, 0.717) is 24.3 Å². The molecular formula is C14H19NO4. The maximum absolute atomic E-state index is 11.6. The van der Waals surface area contributed by atoms with Crippen molar-refractivity contribution in [2.75, 3.05) is 20.8 Å². The number of carbonyl (C=O) groups excluding carboxylic acids is 1. The summed E-state index contributed by atoms with van der Waals surface area (Å²) in [6.45, 7) is -0.151. The number of aliphatic hydroxyl groups is 1. The minimum atomic E-state index is -0.757. The lowest BCUT2D eigenvalue weighted by Crippen LogP contribution is -2.51. The third-order valence-electron chi connectivity index (χ3n) is 3.58. The van der Waals surface area contributed by atoms with Crippen molar-refractivity contribution < 1.29 is 19.4 Å². The van der Waals surface area contributed by atoms with E-state index < -0.39 is 5.54 Å². The minimum Gasteiger partial charge on any atom is -0.497 e. The number of hydrogen-bond donors (Lipinski definition) is 2. The highest BCUT2D eigenvalue weighted by Gasteiger charge is 2.38. The van der Waals surface area contributed by atoms with Crippen LogP contribution in [0.25, 0.3) is 0 Å². The van der Waals surface area contributed by atoms with Crippen LogP contribution in [-0.2, 0) is 10.3 Å². The fourth-order valence-electron chi connectivity index (χ4n) is 2.54. The molecule has 0 bridgehead atoms. The number of ether oxygens (including phenoxy) is 2. The van der Waals surface area contributed by atoms with Crippen LogP contribution in [0.3, 0.4) is 0 Å². The van der Waals surface area contributed by atoms with Gasteiger partial charge in [0.1, 0.15) is 11.5 Å². The van der Waals surface area contributed by atoms with E-state index in [0.717, 1.165) is 12.0 Å². The molecule has 104 valence electrons.